The first-order valence-electron chi connectivity index (χ1n) is 4.13. The van der Waals surface area contributed by atoms with Gasteiger partial charge in [0.15, 0.2) is 0 Å². The van der Waals surface area contributed by atoms with Crippen LogP contribution in [-0.2, 0) is 4.74 Å². The van der Waals surface area contributed by atoms with E-state index in [0.29, 0.717) is 0 Å². The van der Waals surface area contributed by atoms with Gasteiger partial charge in [0.1, 0.15) is 12.4 Å². The van der Waals surface area contributed by atoms with E-state index < -0.39 is 11.9 Å². The van der Waals surface area contributed by atoms with Crippen LogP contribution in [0.4, 0.5) is 14.9 Å². The maximum Gasteiger partial charge on any atom is 0.411 e. The summed E-state index contributed by atoms with van der Waals surface area (Å²) < 4.78 is 17.6. The molecule has 0 heterocycles. The van der Waals surface area contributed by atoms with E-state index in [1.807, 2.05) is 0 Å². The Labute approximate surface area is 90.6 Å². The van der Waals surface area contributed by atoms with Crippen LogP contribution >= 0.6 is 11.6 Å². The fraction of sp³-hybridized carbons (Fsp3) is 0.222. The number of carbonyl (C=O) groups excluding carboxylic acids is 1. The van der Waals surface area contributed by atoms with Crippen LogP contribution in [0.3, 0.4) is 0 Å². The van der Waals surface area contributed by atoms with Gasteiger partial charge >= 0.3 is 6.09 Å². The van der Waals surface area contributed by atoms with Gasteiger partial charge < -0.3 is 9.84 Å². The molecule has 0 bridgehead atoms. The zero-order valence-corrected chi connectivity index (χ0v) is 8.42. The lowest BCUT2D eigenvalue weighted by molar-refractivity contribution is 0.131. The zero-order valence-electron chi connectivity index (χ0n) is 7.67. The van der Waals surface area contributed by atoms with Crippen LogP contribution in [0.2, 0.25) is 5.02 Å². The third-order valence-electron chi connectivity index (χ3n) is 1.49. The van der Waals surface area contributed by atoms with Crippen LogP contribution in [0.25, 0.3) is 0 Å². The zero-order chi connectivity index (χ0) is 11.3. The summed E-state index contributed by atoms with van der Waals surface area (Å²) in [6, 6.07) is 3.83. The van der Waals surface area contributed by atoms with E-state index in [-0.39, 0.29) is 23.9 Å². The summed E-state index contributed by atoms with van der Waals surface area (Å²) in [5.41, 5.74) is -0.0256. The van der Waals surface area contributed by atoms with Crippen LogP contribution in [0, 0.1) is 5.82 Å². The highest BCUT2D eigenvalue weighted by Crippen LogP contribution is 2.18. The Morgan fingerprint density at radius 3 is 2.93 bits per heavy atom. The van der Waals surface area contributed by atoms with Crippen LogP contribution < -0.4 is 5.32 Å². The molecule has 0 spiro atoms. The summed E-state index contributed by atoms with van der Waals surface area (Å²) in [6.07, 6.45) is -0.828. The van der Waals surface area contributed by atoms with Crippen molar-refractivity contribution in [3.8, 4) is 0 Å². The molecular formula is C9H9ClFNO3. The topological polar surface area (TPSA) is 58.6 Å². The quantitative estimate of drug-likeness (QED) is 0.840. The number of hydrogen-bond donors (Lipinski definition) is 2. The maximum atomic E-state index is 13.1. The number of hydrogen-bond acceptors (Lipinski definition) is 3. The minimum atomic E-state index is -0.828. The van der Waals surface area contributed by atoms with Gasteiger partial charge in [-0.1, -0.05) is 11.6 Å². The minimum absolute atomic E-state index is 0.0256. The number of halogens is 2. The molecule has 1 aromatic carbocycles. The van der Waals surface area contributed by atoms with Crippen LogP contribution in [0.1, 0.15) is 0 Å². The number of aliphatic hydroxyl groups excluding tert-OH is 1. The molecule has 15 heavy (non-hydrogen) atoms. The molecule has 0 radical (unpaired) electrons. The Hall–Kier alpha value is -1.33. The van der Waals surface area contributed by atoms with E-state index in [1.165, 1.54) is 12.1 Å². The number of benzene rings is 1. The van der Waals surface area contributed by atoms with Gasteiger partial charge in [0, 0.05) is 5.02 Å². The largest absolute Gasteiger partial charge is 0.447 e. The molecule has 4 nitrogen and oxygen atoms in total. The van der Waals surface area contributed by atoms with Gasteiger partial charge in [-0.25, -0.2) is 9.18 Å². The first-order chi connectivity index (χ1) is 7.13. The van der Waals surface area contributed by atoms with Crippen molar-refractivity contribution in [3.05, 3.63) is 29.0 Å². The molecule has 0 aliphatic heterocycles. The third kappa shape index (κ3) is 3.73. The lowest BCUT2D eigenvalue weighted by atomic mass is 10.3. The molecule has 0 aliphatic carbocycles. The number of carbonyl (C=O) groups is 1. The average Bonchev–Trinajstić information content (AvgIpc) is 2.19. The predicted molar refractivity (Wildman–Crippen MR) is 53.5 cm³/mol. The Kier molecular flexibility index (Phi) is 4.33. The summed E-state index contributed by atoms with van der Waals surface area (Å²) in [4.78, 5) is 11.0. The highest BCUT2D eigenvalue weighted by atomic mass is 35.5. The van der Waals surface area contributed by atoms with Crippen molar-refractivity contribution < 1.29 is 19.0 Å². The molecule has 0 unspecified atom stereocenters. The van der Waals surface area contributed by atoms with Crippen LogP contribution in [-0.4, -0.2) is 24.4 Å². The van der Waals surface area contributed by atoms with E-state index in [0.717, 1.165) is 6.07 Å². The smallest absolute Gasteiger partial charge is 0.411 e. The highest BCUT2D eigenvalue weighted by Gasteiger charge is 2.07. The van der Waals surface area contributed by atoms with Gasteiger partial charge in [-0.15, -0.1) is 0 Å². The van der Waals surface area contributed by atoms with Crippen molar-refractivity contribution >= 4 is 23.4 Å². The summed E-state index contributed by atoms with van der Waals surface area (Å²) in [6.45, 7) is -0.419. The van der Waals surface area contributed by atoms with E-state index in [2.05, 4.69) is 10.1 Å². The lowest BCUT2D eigenvalue weighted by Crippen LogP contribution is -2.16. The molecule has 1 aromatic rings. The van der Waals surface area contributed by atoms with E-state index in [4.69, 9.17) is 16.7 Å². The second-order valence-electron chi connectivity index (χ2n) is 2.61. The molecule has 1 rings (SSSR count). The fourth-order valence-electron chi connectivity index (χ4n) is 0.875. The molecule has 82 valence electrons. The number of amides is 1. The van der Waals surface area contributed by atoms with Crippen molar-refractivity contribution in [3.63, 3.8) is 0 Å². The fourth-order valence-corrected chi connectivity index (χ4v) is 1.03. The summed E-state index contributed by atoms with van der Waals surface area (Å²) >= 11 is 5.52. The number of anilines is 1. The van der Waals surface area contributed by atoms with E-state index in [9.17, 15) is 9.18 Å². The first kappa shape index (κ1) is 11.7. The van der Waals surface area contributed by atoms with Gasteiger partial charge in [0.2, 0.25) is 0 Å². The molecule has 0 fully saturated rings. The minimum Gasteiger partial charge on any atom is -0.447 e. The van der Waals surface area contributed by atoms with Crippen molar-refractivity contribution in [2.75, 3.05) is 18.5 Å². The predicted octanol–water partition coefficient (Wildman–Crippen LogP) is 2.02. The molecule has 0 aliphatic rings. The van der Waals surface area contributed by atoms with Crippen LogP contribution in [0.5, 0.6) is 0 Å². The molecule has 0 saturated carbocycles. The second-order valence-corrected chi connectivity index (χ2v) is 3.05. The number of aliphatic hydroxyl groups is 1. The molecule has 2 N–H and O–H groups in total. The Morgan fingerprint density at radius 2 is 2.33 bits per heavy atom. The molecular weight excluding hydrogens is 225 g/mol. The third-order valence-corrected chi connectivity index (χ3v) is 1.73. The number of ether oxygens (including phenoxy) is 1. The monoisotopic (exact) mass is 233 g/mol. The van der Waals surface area contributed by atoms with Crippen molar-refractivity contribution in [2.24, 2.45) is 0 Å². The molecule has 0 atom stereocenters. The standard InChI is InChI=1S/C9H9ClFNO3/c10-6-1-2-8(7(11)5-6)12-9(14)15-4-3-13/h1-2,5,13H,3-4H2,(H,12,14). The number of nitrogens with one attached hydrogen (secondary N) is 1. The van der Waals surface area contributed by atoms with Crippen molar-refractivity contribution in [2.45, 2.75) is 0 Å². The average molecular weight is 234 g/mol. The molecule has 1 amide bonds. The normalized spacial score (nSPS) is 9.80. The van der Waals surface area contributed by atoms with Gasteiger partial charge in [-0.3, -0.25) is 5.32 Å². The summed E-state index contributed by atoms with van der Waals surface area (Å²) in [5.74, 6) is -0.650. The van der Waals surface area contributed by atoms with Crippen molar-refractivity contribution in [1.29, 1.82) is 0 Å². The Balaban J connectivity index is 2.60. The number of rotatable bonds is 3. The van der Waals surface area contributed by atoms with Crippen molar-refractivity contribution in [1.82, 2.24) is 0 Å². The summed E-state index contributed by atoms with van der Waals surface area (Å²) in [5, 5.41) is 10.8. The molecule has 0 saturated heterocycles. The van der Waals surface area contributed by atoms with Crippen LogP contribution in [0.15, 0.2) is 18.2 Å². The maximum absolute atomic E-state index is 13.1. The molecule has 6 heteroatoms. The van der Waals surface area contributed by atoms with Gasteiger partial charge in [0.25, 0.3) is 0 Å². The Morgan fingerprint density at radius 1 is 1.60 bits per heavy atom. The first-order valence-corrected chi connectivity index (χ1v) is 4.51. The second kappa shape index (κ2) is 5.53. The Bertz CT molecular complexity index is 359. The summed E-state index contributed by atoms with van der Waals surface area (Å²) in [7, 11) is 0. The lowest BCUT2D eigenvalue weighted by Gasteiger charge is -2.06. The molecule has 0 aromatic heterocycles. The van der Waals surface area contributed by atoms with E-state index in [1.54, 1.807) is 0 Å². The highest BCUT2D eigenvalue weighted by molar-refractivity contribution is 6.30. The van der Waals surface area contributed by atoms with Gasteiger partial charge in [-0.2, -0.15) is 0 Å². The van der Waals surface area contributed by atoms with Gasteiger partial charge in [0.05, 0.1) is 12.3 Å². The SMILES string of the molecule is O=C(Nc1ccc(Cl)cc1F)OCCO. The van der Waals surface area contributed by atoms with E-state index >= 15 is 0 Å². The van der Waals surface area contributed by atoms with Gasteiger partial charge in [-0.05, 0) is 18.2 Å².